The van der Waals surface area contributed by atoms with Crippen molar-refractivity contribution in [1.82, 2.24) is 15.5 Å². The maximum absolute atomic E-state index is 12.2. The molecule has 0 aliphatic heterocycles. The van der Waals surface area contributed by atoms with Crippen LogP contribution < -0.4 is 5.32 Å². The van der Waals surface area contributed by atoms with Crippen LogP contribution in [0.1, 0.15) is 32.1 Å². The van der Waals surface area contributed by atoms with E-state index in [1.54, 1.807) is 0 Å². The number of rotatable bonds is 5. The van der Waals surface area contributed by atoms with Gasteiger partial charge < -0.3 is 9.73 Å². The molecular formula is C17H17BrN4O2S. The molecule has 0 radical (unpaired) electrons. The average molecular weight is 421 g/mol. The minimum absolute atomic E-state index is 0.140. The van der Waals surface area contributed by atoms with Crippen LogP contribution in [0.3, 0.4) is 0 Å². The van der Waals surface area contributed by atoms with Gasteiger partial charge >= 0.3 is 0 Å². The summed E-state index contributed by atoms with van der Waals surface area (Å²) in [5.74, 6) is 0.353. The van der Waals surface area contributed by atoms with E-state index in [2.05, 4.69) is 37.5 Å². The SMILES string of the molecule is N#CC1(NC(=O)CSc2nnc(-c3ccccc3Br)o2)CCCCC1. The van der Waals surface area contributed by atoms with E-state index < -0.39 is 5.54 Å². The molecule has 1 aliphatic rings. The van der Waals surface area contributed by atoms with Gasteiger partial charge in [0.15, 0.2) is 0 Å². The van der Waals surface area contributed by atoms with Crippen LogP contribution >= 0.6 is 27.7 Å². The standard InChI is InChI=1S/C17H17BrN4O2S/c18-13-7-3-2-6-12(13)15-21-22-16(24-15)25-10-14(23)20-17(11-19)8-4-1-5-9-17/h2-3,6-7H,1,4-5,8-10H2,(H,20,23). The van der Waals surface area contributed by atoms with E-state index in [4.69, 9.17) is 4.42 Å². The summed E-state index contributed by atoms with van der Waals surface area (Å²) in [4.78, 5) is 12.2. The van der Waals surface area contributed by atoms with Gasteiger partial charge in [-0.1, -0.05) is 43.2 Å². The highest BCUT2D eigenvalue weighted by atomic mass is 79.9. The van der Waals surface area contributed by atoms with Gasteiger partial charge in [-0.05, 0) is 40.9 Å². The van der Waals surface area contributed by atoms with Crippen molar-refractivity contribution < 1.29 is 9.21 Å². The van der Waals surface area contributed by atoms with Crippen LogP contribution in [0.4, 0.5) is 0 Å². The van der Waals surface area contributed by atoms with E-state index in [1.165, 1.54) is 11.8 Å². The lowest BCUT2D eigenvalue weighted by atomic mass is 9.83. The number of aromatic nitrogens is 2. The summed E-state index contributed by atoms with van der Waals surface area (Å²) in [5, 5.41) is 20.6. The Hall–Kier alpha value is -1.85. The van der Waals surface area contributed by atoms with Crippen molar-refractivity contribution in [2.24, 2.45) is 0 Å². The van der Waals surface area contributed by atoms with Crippen molar-refractivity contribution in [2.45, 2.75) is 42.9 Å². The van der Waals surface area contributed by atoms with Crippen molar-refractivity contribution in [1.29, 1.82) is 5.26 Å². The maximum Gasteiger partial charge on any atom is 0.277 e. The Morgan fingerprint density at radius 1 is 1.32 bits per heavy atom. The fourth-order valence-corrected chi connectivity index (χ4v) is 3.88. The normalized spacial score (nSPS) is 16.2. The number of amides is 1. The second-order valence-corrected chi connectivity index (χ2v) is 7.73. The summed E-state index contributed by atoms with van der Waals surface area (Å²) in [7, 11) is 0. The molecule has 8 heteroatoms. The Balaban J connectivity index is 1.58. The van der Waals surface area contributed by atoms with Gasteiger partial charge in [-0.3, -0.25) is 4.79 Å². The Morgan fingerprint density at radius 3 is 2.80 bits per heavy atom. The molecule has 0 spiro atoms. The number of thioether (sulfide) groups is 1. The molecule has 1 heterocycles. The van der Waals surface area contributed by atoms with Crippen LogP contribution in [0, 0.1) is 11.3 Å². The Kier molecular flexibility index (Phi) is 5.76. The molecule has 0 atom stereocenters. The van der Waals surface area contributed by atoms with Crippen molar-refractivity contribution in [2.75, 3.05) is 5.75 Å². The molecule has 1 aromatic carbocycles. The molecule has 6 nitrogen and oxygen atoms in total. The van der Waals surface area contributed by atoms with Gasteiger partial charge in [-0.2, -0.15) is 5.26 Å². The number of carbonyl (C=O) groups excluding carboxylic acids is 1. The number of benzene rings is 1. The minimum Gasteiger partial charge on any atom is -0.411 e. The van der Waals surface area contributed by atoms with E-state index in [0.717, 1.165) is 29.3 Å². The van der Waals surface area contributed by atoms with E-state index in [9.17, 15) is 10.1 Å². The second-order valence-electron chi connectivity index (χ2n) is 5.94. The van der Waals surface area contributed by atoms with Gasteiger partial charge in [0, 0.05) is 4.47 Å². The fraction of sp³-hybridized carbons (Fsp3) is 0.412. The largest absolute Gasteiger partial charge is 0.411 e. The molecule has 1 N–H and O–H groups in total. The third-order valence-electron chi connectivity index (χ3n) is 4.14. The van der Waals surface area contributed by atoms with Gasteiger partial charge in [0.05, 0.1) is 17.4 Å². The van der Waals surface area contributed by atoms with E-state index >= 15 is 0 Å². The molecule has 1 amide bonds. The first kappa shape index (κ1) is 18.0. The third kappa shape index (κ3) is 4.41. The molecule has 1 aliphatic carbocycles. The Morgan fingerprint density at radius 2 is 2.08 bits per heavy atom. The van der Waals surface area contributed by atoms with Gasteiger partial charge in [0.25, 0.3) is 5.22 Å². The topological polar surface area (TPSA) is 91.8 Å². The highest BCUT2D eigenvalue weighted by molar-refractivity contribution is 9.10. The lowest BCUT2D eigenvalue weighted by molar-refractivity contribution is -0.120. The highest BCUT2D eigenvalue weighted by Crippen LogP contribution is 2.30. The zero-order valence-corrected chi connectivity index (χ0v) is 15.9. The van der Waals surface area contributed by atoms with Crippen LogP contribution in [-0.2, 0) is 4.79 Å². The molecule has 25 heavy (non-hydrogen) atoms. The van der Waals surface area contributed by atoms with Gasteiger partial charge in [-0.15, -0.1) is 10.2 Å². The van der Waals surface area contributed by atoms with Crippen molar-refractivity contribution in [3.05, 3.63) is 28.7 Å². The molecule has 130 valence electrons. The van der Waals surface area contributed by atoms with Gasteiger partial charge in [0.1, 0.15) is 5.54 Å². The summed E-state index contributed by atoms with van der Waals surface area (Å²) in [6.45, 7) is 0. The molecule has 1 saturated carbocycles. The fourth-order valence-electron chi connectivity index (χ4n) is 2.86. The quantitative estimate of drug-likeness (QED) is 0.736. The van der Waals surface area contributed by atoms with Gasteiger partial charge in [0.2, 0.25) is 11.8 Å². The predicted molar refractivity (Wildman–Crippen MR) is 97.7 cm³/mol. The van der Waals surface area contributed by atoms with E-state index in [1.807, 2.05) is 24.3 Å². The molecule has 2 aromatic rings. The summed E-state index contributed by atoms with van der Waals surface area (Å²) >= 11 is 4.61. The van der Waals surface area contributed by atoms with E-state index in [-0.39, 0.29) is 11.7 Å². The highest BCUT2D eigenvalue weighted by Gasteiger charge is 2.33. The first-order valence-electron chi connectivity index (χ1n) is 8.05. The maximum atomic E-state index is 12.2. The number of hydrogen-bond acceptors (Lipinski definition) is 6. The molecule has 3 rings (SSSR count). The van der Waals surface area contributed by atoms with Crippen molar-refractivity contribution in [3.8, 4) is 17.5 Å². The van der Waals surface area contributed by atoms with Gasteiger partial charge in [-0.25, -0.2) is 0 Å². The lowest BCUT2D eigenvalue weighted by Crippen LogP contribution is -2.49. The zero-order valence-electron chi connectivity index (χ0n) is 13.5. The molecule has 0 bridgehead atoms. The molecule has 1 aromatic heterocycles. The Bertz CT molecular complexity index is 796. The smallest absolute Gasteiger partial charge is 0.277 e. The molecular weight excluding hydrogens is 404 g/mol. The van der Waals surface area contributed by atoms with E-state index in [0.29, 0.717) is 24.0 Å². The predicted octanol–water partition coefficient (Wildman–Crippen LogP) is 3.93. The number of nitrogens with one attached hydrogen (secondary N) is 1. The Labute approximate surface area is 158 Å². The van der Waals surface area contributed by atoms with Crippen LogP contribution in [0.25, 0.3) is 11.5 Å². The zero-order chi connectivity index (χ0) is 17.7. The number of halogens is 1. The summed E-state index contributed by atoms with van der Waals surface area (Å²) in [6.07, 6.45) is 4.49. The number of nitriles is 1. The van der Waals surface area contributed by atoms with Crippen molar-refractivity contribution >= 4 is 33.6 Å². The number of hydrogen-bond donors (Lipinski definition) is 1. The van der Waals surface area contributed by atoms with Crippen LogP contribution in [0.15, 0.2) is 38.4 Å². The molecule has 0 unspecified atom stereocenters. The summed E-state index contributed by atoms with van der Waals surface area (Å²) in [6, 6.07) is 9.84. The molecule has 1 fully saturated rings. The van der Waals surface area contributed by atoms with Crippen molar-refractivity contribution in [3.63, 3.8) is 0 Å². The monoisotopic (exact) mass is 420 g/mol. The number of nitrogens with zero attached hydrogens (tertiary/aromatic N) is 3. The summed E-state index contributed by atoms with van der Waals surface area (Å²) < 4.78 is 6.47. The molecule has 0 saturated heterocycles. The minimum atomic E-state index is -0.717. The lowest BCUT2D eigenvalue weighted by Gasteiger charge is -2.31. The second kappa shape index (κ2) is 8.02. The van der Waals surface area contributed by atoms with Crippen LogP contribution in [0.2, 0.25) is 0 Å². The average Bonchev–Trinajstić information content (AvgIpc) is 3.10. The number of carbonyl (C=O) groups is 1. The third-order valence-corrected chi connectivity index (χ3v) is 5.65. The summed E-state index contributed by atoms with van der Waals surface area (Å²) in [5.41, 5.74) is 0.0853. The van der Waals surface area contributed by atoms with Crippen LogP contribution in [-0.4, -0.2) is 27.4 Å². The first-order valence-corrected chi connectivity index (χ1v) is 9.83. The van der Waals surface area contributed by atoms with Crippen LogP contribution in [0.5, 0.6) is 0 Å². The first-order chi connectivity index (χ1) is 12.1.